The fourth-order valence-corrected chi connectivity index (χ4v) is 1.64. The van der Waals surface area contributed by atoms with Crippen molar-refractivity contribution in [2.24, 2.45) is 5.92 Å². The van der Waals surface area contributed by atoms with Crippen molar-refractivity contribution in [3.63, 3.8) is 0 Å². The molecule has 5 heteroatoms. The van der Waals surface area contributed by atoms with Gasteiger partial charge in [0, 0.05) is 12.5 Å². The molecule has 5 nitrogen and oxygen atoms in total. The first-order valence-electron chi connectivity index (χ1n) is 5.05. The topological polar surface area (TPSA) is 77.8 Å². The average molecular weight is 202 g/mol. The van der Waals surface area contributed by atoms with Crippen LogP contribution in [0.4, 0.5) is 0 Å². The van der Waals surface area contributed by atoms with Crippen LogP contribution < -0.4 is 0 Å². The summed E-state index contributed by atoms with van der Waals surface area (Å²) >= 11 is 0. The number of aliphatic hydroxyl groups excluding tert-OH is 1. The summed E-state index contributed by atoms with van der Waals surface area (Å²) in [6, 6.07) is -1.02. The lowest BCUT2D eigenvalue weighted by molar-refractivity contribution is -0.152. The largest absolute Gasteiger partial charge is 0.480 e. The maximum atomic E-state index is 11.7. The molecule has 0 unspecified atom stereocenters. The SMILES string of the molecule is [2H]O[C@H]1CCN(C(=O)C(C)C)[C@@H]1C(=O)O. The van der Waals surface area contributed by atoms with Crippen LogP contribution in [0.15, 0.2) is 0 Å². The lowest BCUT2D eigenvalue weighted by Crippen LogP contribution is -2.46. The molecule has 1 rings (SSSR count). The molecule has 80 valence electrons. The van der Waals surface area contributed by atoms with Crippen molar-refractivity contribution < 1.29 is 19.8 Å². The molecule has 0 spiro atoms. The normalized spacial score (nSPS) is 27.9. The predicted molar refractivity (Wildman–Crippen MR) is 48.6 cm³/mol. The van der Waals surface area contributed by atoms with Crippen molar-refractivity contribution in [1.29, 1.82) is 1.43 Å². The maximum Gasteiger partial charge on any atom is 0.329 e. The van der Waals surface area contributed by atoms with E-state index in [-0.39, 0.29) is 11.8 Å². The molecule has 0 saturated carbocycles. The number of hydrogen-bond acceptors (Lipinski definition) is 3. The highest BCUT2D eigenvalue weighted by molar-refractivity contribution is 5.85. The lowest BCUT2D eigenvalue weighted by Gasteiger charge is -2.24. The Morgan fingerprint density at radius 3 is 2.64 bits per heavy atom. The monoisotopic (exact) mass is 202 g/mol. The Labute approximate surface area is 83.8 Å². The first-order valence-corrected chi connectivity index (χ1v) is 4.64. The molecule has 0 aliphatic carbocycles. The van der Waals surface area contributed by atoms with Crippen molar-refractivity contribution >= 4 is 11.9 Å². The van der Waals surface area contributed by atoms with E-state index in [1.54, 1.807) is 13.8 Å². The van der Waals surface area contributed by atoms with Crippen LogP contribution >= 0.6 is 0 Å². The van der Waals surface area contributed by atoms with Gasteiger partial charge in [-0.05, 0) is 6.42 Å². The van der Waals surface area contributed by atoms with E-state index in [0.717, 1.165) is 0 Å². The van der Waals surface area contributed by atoms with E-state index in [1.165, 1.54) is 4.90 Å². The van der Waals surface area contributed by atoms with Crippen LogP contribution in [0.3, 0.4) is 0 Å². The number of aliphatic hydroxyl groups is 1. The summed E-state index contributed by atoms with van der Waals surface area (Å²) in [5, 5.41) is 13.3. The minimum Gasteiger partial charge on any atom is -0.480 e. The summed E-state index contributed by atoms with van der Waals surface area (Å²) < 4.78 is 6.76. The predicted octanol–water partition coefficient (Wildman–Crippen LogP) is -0.311. The van der Waals surface area contributed by atoms with E-state index in [1.807, 2.05) is 0 Å². The quantitative estimate of drug-likeness (QED) is 0.658. The van der Waals surface area contributed by atoms with Gasteiger partial charge in [0.05, 0.1) is 6.10 Å². The van der Waals surface area contributed by atoms with Gasteiger partial charge in [0.15, 0.2) is 6.04 Å². The van der Waals surface area contributed by atoms with Crippen LogP contribution in [0, 0.1) is 5.92 Å². The molecule has 1 fully saturated rings. The number of nitrogens with zero attached hydrogens (tertiary/aromatic N) is 1. The van der Waals surface area contributed by atoms with Crippen molar-refractivity contribution in [2.45, 2.75) is 32.4 Å². The van der Waals surface area contributed by atoms with Crippen molar-refractivity contribution in [3.05, 3.63) is 0 Å². The standard InChI is InChI=1S/C9H15NO4/c1-5(2)8(12)10-4-3-6(11)7(10)9(13)14/h5-7,11H,3-4H2,1-2H3,(H,13,14)/t6-,7-/m0/s1/i11D. The molecular formula is C9H15NO4. The van der Waals surface area contributed by atoms with Gasteiger partial charge in [0.25, 0.3) is 0 Å². The van der Waals surface area contributed by atoms with Crippen LogP contribution in [0.5, 0.6) is 0 Å². The number of amides is 1. The Morgan fingerprint density at radius 2 is 2.21 bits per heavy atom. The number of aliphatic carboxylic acids is 1. The van der Waals surface area contributed by atoms with E-state index in [0.29, 0.717) is 13.0 Å². The number of hydrogen-bond donors (Lipinski definition) is 2. The first kappa shape index (κ1) is 9.45. The first-order chi connectivity index (χ1) is 6.99. The molecule has 0 aromatic carbocycles. The molecule has 0 bridgehead atoms. The van der Waals surface area contributed by atoms with E-state index < -0.39 is 18.1 Å². The molecule has 0 aromatic heterocycles. The molecule has 1 saturated heterocycles. The highest BCUT2D eigenvalue weighted by Gasteiger charge is 2.41. The van der Waals surface area contributed by atoms with Crippen LogP contribution in [-0.2, 0) is 9.59 Å². The number of carbonyl (C=O) groups excluding carboxylic acids is 1. The second-order valence-corrected chi connectivity index (χ2v) is 3.80. The molecular weight excluding hydrogens is 186 g/mol. The van der Waals surface area contributed by atoms with Gasteiger partial charge < -0.3 is 15.1 Å². The average Bonchev–Trinajstić information content (AvgIpc) is 2.59. The Kier molecular flexibility index (Phi) is 2.67. The number of rotatable bonds is 3. The smallest absolute Gasteiger partial charge is 0.329 e. The minimum absolute atomic E-state index is 0.207. The Bertz CT molecular complexity index is 269. The van der Waals surface area contributed by atoms with Crippen LogP contribution in [0.1, 0.15) is 20.3 Å². The Balaban J connectivity index is 2.82. The lowest BCUT2D eigenvalue weighted by atomic mass is 10.1. The third kappa shape index (κ3) is 1.87. The molecule has 14 heavy (non-hydrogen) atoms. The molecule has 1 aliphatic heterocycles. The number of carboxylic acid groups (broad SMARTS) is 1. The van der Waals surface area contributed by atoms with Crippen LogP contribution in [-0.4, -0.2) is 47.1 Å². The van der Waals surface area contributed by atoms with Crippen molar-refractivity contribution in [2.75, 3.05) is 6.54 Å². The molecule has 1 heterocycles. The fourth-order valence-electron chi connectivity index (χ4n) is 1.64. The zero-order valence-corrected chi connectivity index (χ0v) is 8.27. The fraction of sp³-hybridized carbons (Fsp3) is 0.778. The minimum atomic E-state index is -1.11. The summed E-state index contributed by atoms with van der Waals surface area (Å²) in [4.78, 5) is 23.9. The number of carbonyl (C=O) groups is 2. The molecule has 1 amide bonds. The third-order valence-corrected chi connectivity index (χ3v) is 2.37. The second kappa shape index (κ2) is 3.96. The summed E-state index contributed by atoms with van der Waals surface area (Å²) in [5.74, 6) is -1.56. The van der Waals surface area contributed by atoms with Gasteiger partial charge in [0.2, 0.25) is 7.34 Å². The summed E-state index contributed by atoms with van der Waals surface area (Å²) in [7, 11) is 0. The maximum absolute atomic E-state index is 11.7. The van der Waals surface area contributed by atoms with E-state index in [2.05, 4.69) is 5.11 Å². The van der Waals surface area contributed by atoms with Crippen molar-refractivity contribution in [3.8, 4) is 0 Å². The van der Waals surface area contributed by atoms with Crippen molar-refractivity contribution in [1.82, 2.24) is 4.90 Å². The zero-order valence-electron chi connectivity index (χ0n) is 9.27. The summed E-state index contributed by atoms with van der Waals surface area (Å²) in [6.07, 6.45) is -0.316. The Morgan fingerprint density at radius 1 is 1.57 bits per heavy atom. The number of likely N-dealkylation sites (tertiary alicyclic amines) is 1. The second-order valence-electron chi connectivity index (χ2n) is 3.80. The summed E-state index contributed by atoms with van der Waals surface area (Å²) in [5.41, 5.74) is 0. The van der Waals surface area contributed by atoms with Gasteiger partial charge in [-0.2, -0.15) is 0 Å². The Hall–Kier alpha value is -1.10. The van der Waals surface area contributed by atoms with E-state index in [9.17, 15) is 9.59 Å². The molecule has 2 N–H and O–H groups in total. The highest BCUT2D eigenvalue weighted by Crippen LogP contribution is 2.20. The van der Waals surface area contributed by atoms with Gasteiger partial charge >= 0.3 is 5.97 Å². The van der Waals surface area contributed by atoms with Gasteiger partial charge in [-0.3, -0.25) is 4.79 Å². The van der Waals surface area contributed by atoms with Crippen LogP contribution in [0.2, 0.25) is 0 Å². The zero-order chi connectivity index (χ0) is 11.6. The molecule has 0 radical (unpaired) electrons. The van der Waals surface area contributed by atoms with Gasteiger partial charge in [-0.25, -0.2) is 4.79 Å². The highest BCUT2D eigenvalue weighted by atomic mass is 16.4. The van der Waals surface area contributed by atoms with Gasteiger partial charge in [-0.1, -0.05) is 13.8 Å². The van der Waals surface area contributed by atoms with E-state index >= 15 is 0 Å². The van der Waals surface area contributed by atoms with Crippen LogP contribution in [0.25, 0.3) is 0 Å². The molecule has 0 aromatic rings. The van der Waals surface area contributed by atoms with E-state index in [4.69, 9.17) is 6.54 Å². The number of carboxylic acids is 1. The molecule has 1 aliphatic rings. The van der Waals surface area contributed by atoms with Gasteiger partial charge in [0.1, 0.15) is 0 Å². The molecule has 2 atom stereocenters. The summed E-state index contributed by atoms with van der Waals surface area (Å²) in [6.45, 7) is 3.78. The third-order valence-electron chi connectivity index (χ3n) is 2.37. The van der Waals surface area contributed by atoms with Gasteiger partial charge in [-0.15, -0.1) is 0 Å².